The zero-order valence-corrected chi connectivity index (χ0v) is 13.4. The van der Waals surface area contributed by atoms with E-state index >= 15 is 0 Å². The van der Waals surface area contributed by atoms with E-state index in [0.29, 0.717) is 0 Å². The van der Waals surface area contributed by atoms with Crippen molar-refractivity contribution in [3.8, 4) is 0 Å². The van der Waals surface area contributed by atoms with Gasteiger partial charge in [0.2, 0.25) is 10.0 Å². The molecule has 0 bridgehead atoms. The summed E-state index contributed by atoms with van der Waals surface area (Å²) in [5.41, 5.74) is 0. The van der Waals surface area contributed by atoms with Crippen LogP contribution < -0.4 is 4.72 Å². The quantitative estimate of drug-likeness (QED) is 0.886. The topological polar surface area (TPSA) is 49.4 Å². The summed E-state index contributed by atoms with van der Waals surface area (Å²) in [6.45, 7) is 0.257. The number of benzene rings is 1. The van der Waals surface area contributed by atoms with Crippen molar-refractivity contribution in [2.45, 2.75) is 10.9 Å². The third-order valence-corrected chi connectivity index (χ3v) is 5.50. The molecule has 114 valence electrons. The van der Waals surface area contributed by atoms with Gasteiger partial charge in [0.1, 0.15) is 5.82 Å². The van der Waals surface area contributed by atoms with Crippen molar-refractivity contribution in [1.29, 1.82) is 0 Å². The summed E-state index contributed by atoms with van der Waals surface area (Å²) < 4.78 is 39.8. The molecule has 0 amide bonds. The van der Waals surface area contributed by atoms with Crippen molar-refractivity contribution >= 4 is 21.4 Å². The van der Waals surface area contributed by atoms with E-state index in [0.717, 1.165) is 17.0 Å². The number of rotatable bonds is 6. The van der Waals surface area contributed by atoms with Gasteiger partial charge in [0.25, 0.3) is 0 Å². The fourth-order valence-corrected chi connectivity index (χ4v) is 3.87. The van der Waals surface area contributed by atoms with Gasteiger partial charge < -0.3 is 4.90 Å². The number of hydrogen-bond acceptors (Lipinski definition) is 4. The highest BCUT2D eigenvalue weighted by molar-refractivity contribution is 7.89. The molecule has 0 unspecified atom stereocenters. The molecule has 0 saturated heterocycles. The first kappa shape index (κ1) is 16.1. The van der Waals surface area contributed by atoms with Crippen molar-refractivity contribution in [2.24, 2.45) is 0 Å². The average Bonchev–Trinajstić information content (AvgIpc) is 2.93. The number of nitrogens with zero attached hydrogens (tertiary/aromatic N) is 1. The van der Waals surface area contributed by atoms with Crippen molar-refractivity contribution < 1.29 is 12.8 Å². The number of thiophene rings is 1. The van der Waals surface area contributed by atoms with Crippen molar-refractivity contribution in [3.63, 3.8) is 0 Å². The molecule has 2 aromatic rings. The van der Waals surface area contributed by atoms with Gasteiger partial charge in [0.05, 0.1) is 10.9 Å². The molecule has 0 saturated carbocycles. The second kappa shape index (κ2) is 6.65. The van der Waals surface area contributed by atoms with Crippen LogP contribution in [0.1, 0.15) is 10.9 Å². The minimum Gasteiger partial charge on any atom is -0.300 e. The molecule has 0 fully saturated rings. The molecule has 1 aromatic heterocycles. The zero-order valence-electron chi connectivity index (χ0n) is 11.8. The number of halogens is 1. The normalized spacial score (nSPS) is 13.5. The molecule has 0 spiro atoms. The van der Waals surface area contributed by atoms with Gasteiger partial charge in [0, 0.05) is 11.4 Å². The maximum atomic E-state index is 12.9. The molecular weight excluding hydrogens is 311 g/mol. The molecule has 1 aromatic carbocycles. The van der Waals surface area contributed by atoms with Gasteiger partial charge in [-0.2, -0.15) is 0 Å². The van der Waals surface area contributed by atoms with Crippen LogP contribution in [0.25, 0.3) is 0 Å². The Labute approximate surface area is 128 Å². The molecule has 0 aliphatic rings. The molecule has 0 aliphatic carbocycles. The summed E-state index contributed by atoms with van der Waals surface area (Å²) in [6, 6.07) is 8.65. The number of nitrogens with one attached hydrogen (secondary N) is 1. The molecule has 2 rings (SSSR count). The minimum absolute atomic E-state index is 0.0415. The monoisotopic (exact) mass is 328 g/mol. The second-order valence-electron chi connectivity index (χ2n) is 4.80. The Kier molecular flexibility index (Phi) is 5.10. The summed E-state index contributed by atoms with van der Waals surface area (Å²) in [6.07, 6.45) is 0. The van der Waals surface area contributed by atoms with Crippen LogP contribution in [0.5, 0.6) is 0 Å². The lowest BCUT2D eigenvalue weighted by molar-refractivity contribution is 0.303. The second-order valence-corrected chi connectivity index (χ2v) is 7.55. The van der Waals surface area contributed by atoms with E-state index in [-0.39, 0.29) is 17.5 Å². The summed E-state index contributed by atoms with van der Waals surface area (Å²) in [4.78, 5) is 3.10. The van der Waals surface area contributed by atoms with Gasteiger partial charge in [0.15, 0.2) is 0 Å². The smallest absolute Gasteiger partial charge is 0.240 e. The van der Waals surface area contributed by atoms with E-state index in [1.807, 2.05) is 36.5 Å². The minimum atomic E-state index is -3.64. The number of hydrogen-bond donors (Lipinski definition) is 1. The van der Waals surface area contributed by atoms with Crippen LogP contribution in [0.15, 0.2) is 46.7 Å². The average molecular weight is 328 g/mol. The Morgan fingerprint density at radius 1 is 1.24 bits per heavy atom. The highest BCUT2D eigenvalue weighted by Crippen LogP contribution is 2.23. The van der Waals surface area contributed by atoms with Crippen molar-refractivity contribution in [2.75, 3.05) is 20.6 Å². The van der Waals surface area contributed by atoms with Gasteiger partial charge in [-0.3, -0.25) is 0 Å². The van der Waals surface area contributed by atoms with Crippen LogP contribution in [0.2, 0.25) is 0 Å². The van der Waals surface area contributed by atoms with E-state index in [4.69, 9.17) is 0 Å². The van der Waals surface area contributed by atoms with E-state index in [1.54, 1.807) is 11.3 Å². The predicted molar refractivity (Wildman–Crippen MR) is 82.3 cm³/mol. The van der Waals surface area contributed by atoms with E-state index in [1.165, 1.54) is 12.1 Å². The summed E-state index contributed by atoms with van der Waals surface area (Å²) in [7, 11) is 0.163. The Morgan fingerprint density at radius 3 is 2.43 bits per heavy atom. The van der Waals surface area contributed by atoms with E-state index < -0.39 is 15.8 Å². The van der Waals surface area contributed by atoms with Crippen LogP contribution in [0.3, 0.4) is 0 Å². The molecule has 1 heterocycles. The third-order valence-electron chi connectivity index (χ3n) is 3.09. The Morgan fingerprint density at radius 2 is 1.90 bits per heavy atom. The van der Waals surface area contributed by atoms with Gasteiger partial charge in [-0.1, -0.05) is 6.07 Å². The van der Waals surface area contributed by atoms with Gasteiger partial charge in [-0.25, -0.2) is 17.5 Å². The number of likely N-dealkylation sites (N-methyl/N-ethyl adjacent to an activating group) is 1. The molecule has 0 aliphatic heterocycles. The van der Waals surface area contributed by atoms with Crippen LogP contribution in [-0.4, -0.2) is 34.0 Å². The first-order chi connectivity index (χ1) is 9.90. The molecule has 7 heteroatoms. The zero-order chi connectivity index (χ0) is 15.5. The largest absolute Gasteiger partial charge is 0.300 e. The molecule has 0 radical (unpaired) electrons. The fraction of sp³-hybridized carbons (Fsp3) is 0.286. The maximum absolute atomic E-state index is 12.9. The highest BCUT2D eigenvalue weighted by Gasteiger charge is 2.20. The number of sulfonamides is 1. The third kappa shape index (κ3) is 4.10. The summed E-state index contributed by atoms with van der Waals surface area (Å²) in [5, 5.41) is 1.96. The molecule has 21 heavy (non-hydrogen) atoms. The van der Waals surface area contributed by atoms with Crippen molar-refractivity contribution in [3.05, 3.63) is 52.5 Å². The SMILES string of the molecule is CN(C)[C@@H](CNS(=O)(=O)c1ccc(F)cc1)c1cccs1. The van der Waals surface area contributed by atoms with Crippen LogP contribution >= 0.6 is 11.3 Å². The van der Waals surface area contributed by atoms with E-state index in [2.05, 4.69) is 4.72 Å². The summed E-state index contributed by atoms with van der Waals surface area (Å²) >= 11 is 1.58. The van der Waals surface area contributed by atoms with Crippen LogP contribution in [0.4, 0.5) is 4.39 Å². The Bertz CT molecular complexity index is 668. The van der Waals surface area contributed by atoms with Gasteiger partial charge in [-0.05, 0) is 49.8 Å². The molecule has 1 atom stereocenters. The standard InChI is InChI=1S/C14H17FN2O2S2/c1-17(2)13(14-4-3-9-20-14)10-16-21(18,19)12-7-5-11(15)6-8-12/h3-9,13,16H,10H2,1-2H3/t13-/m0/s1. The molecule has 4 nitrogen and oxygen atoms in total. The lowest BCUT2D eigenvalue weighted by Gasteiger charge is -2.23. The van der Waals surface area contributed by atoms with Crippen LogP contribution in [-0.2, 0) is 10.0 Å². The molecule has 1 N–H and O–H groups in total. The fourth-order valence-electron chi connectivity index (χ4n) is 1.90. The first-order valence-corrected chi connectivity index (χ1v) is 8.71. The highest BCUT2D eigenvalue weighted by atomic mass is 32.2. The lowest BCUT2D eigenvalue weighted by atomic mass is 10.2. The lowest BCUT2D eigenvalue weighted by Crippen LogP contribution is -2.34. The van der Waals surface area contributed by atoms with Gasteiger partial charge >= 0.3 is 0 Å². The van der Waals surface area contributed by atoms with Gasteiger partial charge in [-0.15, -0.1) is 11.3 Å². The Balaban J connectivity index is 2.11. The van der Waals surface area contributed by atoms with E-state index in [9.17, 15) is 12.8 Å². The predicted octanol–water partition coefficient (Wildman–Crippen LogP) is 2.47. The molecular formula is C14H17FN2O2S2. The summed E-state index contributed by atoms with van der Waals surface area (Å²) in [5.74, 6) is -0.460. The Hall–Kier alpha value is -1.28. The maximum Gasteiger partial charge on any atom is 0.240 e. The van der Waals surface area contributed by atoms with Crippen molar-refractivity contribution in [1.82, 2.24) is 9.62 Å². The van der Waals surface area contributed by atoms with Crippen LogP contribution in [0, 0.1) is 5.82 Å². The first-order valence-electron chi connectivity index (χ1n) is 6.35.